The zero-order chi connectivity index (χ0) is 20.3. The Bertz CT molecular complexity index is 857. The van der Waals surface area contributed by atoms with Gasteiger partial charge in [0.25, 0.3) is 0 Å². The van der Waals surface area contributed by atoms with E-state index < -0.39 is 0 Å². The van der Waals surface area contributed by atoms with Crippen molar-refractivity contribution in [1.29, 1.82) is 0 Å². The lowest BCUT2D eigenvalue weighted by Gasteiger charge is -2.32. The number of hydrogen-bond donors (Lipinski definition) is 1. The molecule has 28 heavy (non-hydrogen) atoms. The van der Waals surface area contributed by atoms with Crippen molar-refractivity contribution in [3.63, 3.8) is 0 Å². The summed E-state index contributed by atoms with van der Waals surface area (Å²) in [6.07, 6.45) is 1.87. The second-order valence-corrected chi connectivity index (χ2v) is 8.02. The van der Waals surface area contributed by atoms with Gasteiger partial charge in [-0.15, -0.1) is 0 Å². The van der Waals surface area contributed by atoms with E-state index in [-0.39, 0.29) is 17.7 Å². The Morgan fingerprint density at radius 2 is 1.57 bits per heavy atom. The van der Waals surface area contributed by atoms with Gasteiger partial charge in [0.05, 0.1) is 6.42 Å². The Kier molecular flexibility index (Phi) is 6.18. The standard InChI is InChI=1S/C24H30N2O2/c1-16-13-18(3)23(19(4)14-16)25-24(28)20-9-11-26(12-10-20)22(27)15-21-8-6-5-7-17(21)2/h5-8,13-14,20H,9-12,15H2,1-4H3,(H,25,28). The molecule has 0 aliphatic carbocycles. The number of carbonyl (C=O) groups excluding carboxylic acids is 2. The van der Waals surface area contributed by atoms with Crippen molar-refractivity contribution < 1.29 is 9.59 Å². The summed E-state index contributed by atoms with van der Waals surface area (Å²) in [6, 6.07) is 12.2. The highest BCUT2D eigenvalue weighted by Crippen LogP contribution is 2.25. The van der Waals surface area contributed by atoms with Crippen molar-refractivity contribution in [2.45, 2.75) is 47.0 Å². The number of piperidine rings is 1. The van der Waals surface area contributed by atoms with E-state index in [4.69, 9.17) is 0 Å². The van der Waals surface area contributed by atoms with Crippen LogP contribution in [0.5, 0.6) is 0 Å². The molecule has 1 heterocycles. The first-order valence-electron chi connectivity index (χ1n) is 10.1. The molecular weight excluding hydrogens is 348 g/mol. The lowest BCUT2D eigenvalue weighted by atomic mass is 9.94. The van der Waals surface area contributed by atoms with Crippen molar-refractivity contribution in [3.05, 3.63) is 64.2 Å². The first kappa shape index (κ1) is 20.1. The van der Waals surface area contributed by atoms with Crippen molar-refractivity contribution in [2.24, 2.45) is 5.92 Å². The molecule has 0 unspecified atom stereocenters. The van der Waals surface area contributed by atoms with Crippen molar-refractivity contribution in [1.82, 2.24) is 4.90 Å². The van der Waals surface area contributed by atoms with Gasteiger partial charge in [-0.1, -0.05) is 42.0 Å². The third kappa shape index (κ3) is 4.61. The first-order valence-corrected chi connectivity index (χ1v) is 10.1. The molecule has 3 rings (SSSR count). The van der Waals surface area contributed by atoms with Crippen LogP contribution in [0.1, 0.15) is 40.7 Å². The number of carbonyl (C=O) groups is 2. The molecule has 1 saturated heterocycles. The van der Waals surface area contributed by atoms with E-state index in [1.54, 1.807) is 0 Å². The molecule has 1 aliphatic rings. The zero-order valence-corrected chi connectivity index (χ0v) is 17.3. The van der Waals surface area contributed by atoms with Crippen LogP contribution in [0.2, 0.25) is 0 Å². The van der Waals surface area contributed by atoms with Gasteiger partial charge in [0.15, 0.2) is 0 Å². The van der Waals surface area contributed by atoms with Crippen LogP contribution in [0.15, 0.2) is 36.4 Å². The van der Waals surface area contributed by atoms with Crippen LogP contribution in [-0.2, 0) is 16.0 Å². The SMILES string of the molecule is Cc1cc(C)c(NC(=O)C2CCN(C(=O)Cc3ccccc3C)CC2)c(C)c1. The predicted octanol–water partition coefficient (Wildman–Crippen LogP) is 4.34. The van der Waals surface area contributed by atoms with Crippen LogP contribution < -0.4 is 5.32 Å². The largest absolute Gasteiger partial charge is 0.342 e. The summed E-state index contributed by atoms with van der Waals surface area (Å²) < 4.78 is 0. The second kappa shape index (κ2) is 8.59. The minimum absolute atomic E-state index is 0.0392. The number of nitrogens with zero attached hydrogens (tertiary/aromatic N) is 1. The maximum Gasteiger partial charge on any atom is 0.227 e. The quantitative estimate of drug-likeness (QED) is 0.860. The Balaban J connectivity index is 1.56. The smallest absolute Gasteiger partial charge is 0.227 e. The molecule has 2 aromatic carbocycles. The molecule has 1 N–H and O–H groups in total. The number of likely N-dealkylation sites (tertiary alicyclic amines) is 1. The molecule has 2 aromatic rings. The number of aryl methyl sites for hydroxylation is 4. The molecule has 0 saturated carbocycles. The van der Waals surface area contributed by atoms with Crippen molar-refractivity contribution in [3.8, 4) is 0 Å². The van der Waals surface area contributed by atoms with Gasteiger partial charge >= 0.3 is 0 Å². The lowest BCUT2D eigenvalue weighted by Crippen LogP contribution is -2.42. The molecule has 148 valence electrons. The first-order chi connectivity index (χ1) is 13.3. The Labute approximate surface area is 167 Å². The van der Waals surface area contributed by atoms with Crippen LogP contribution in [-0.4, -0.2) is 29.8 Å². The van der Waals surface area contributed by atoms with E-state index in [2.05, 4.69) is 24.4 Å². The van der Waals surface area contributed by atoms with Crippen LogP contribution in [0.25, 0.3) is 0 Å². The third-order valence-corrected chi connectivity index (χ3v) is 5.75. The molecule has 0 radical (unpaired) electrons. The zero-order valence-electron chi connectivity index (χ0n) is 17.3. The van der Waals surface area contributed by atoms with Crippen LogP contribution >= 0.6 is 0 Å². The average Bonchev–Trinajstić information content (AvgIpc) is 2.66. The Morgan fingerprint density at radius 3 is 2.18 bits per heavy atom. The fraction of sp³-hybridized carbons (Fsp3) is 0.417. The Hall–Kier alpha value is -2.62. The van der Waals surface area contributed by atoms with Crippen LogP contribution in [0.4, 0.5) is 5.69 Å². The van der Waals surface area contributed by atoms with Gasteiger partial charge < -0.3 is 10.2 Å². The van der Waals surface area contributed by atoms with E-state index in [1.807, 2.05) is 49.9 Å². The molecule has 1 fully saturated rings. The summed E-state index contributed by atoms with van der Waals surface area (Å²) in [7, 11) is 0. The summed E-state index contributed by atoms with van der Waals surface area (Å²) in [5.41, 5.74) is 6.54. The topological polar surface area (TPSA) is 49.4 Å². The predicted molar refractivity (Wildman–Crippen MR) is 113 cm³/mol. The highest BCUT2D eigenvalue weighted by Gasteiger charge is 2.28. The minimum atomic E-state index is -0.0392. The van der Waals surface area contributed by atoms with E-state index >= 15 is 0 Å². The maximum atomic E-state index is 12.8. The summed E-state index contributed by atoms with van der Waals surface area (Å²) >= 11 is 0. The van der Waals surface area contributed by atoms with Gasteiger partial charge in [0.1, 0.15) is 0 Å². The molecule has 0 atom stereocenters. The number of anilines is 1. The number of benzene rings is 2. The molecule has 0 spiro atoms. The highest BCUT2D eigenvalue weighted by atomic mass is 16.2. The average molecular weight is 379 g/mol. The normalized spacial score (nSPS) is 14.8. The summed E-state index contributed by atoms with van der Waals surface area (Å²) in [4.78, 5) is 27.3. The maximum absolute atomic E-state index is 12.8. The van der Waals surface area contributed by atoms with E-state index in [1.165, 1.54) is 5.56 Å². The highest BCUT2D eigenvalue weighted by molar-refractivity contribution is 5.94. The van der Waals surface area contributed by atoms with Gasteiger partial charge in [0.2, 0.25) is 11.8 Å². The third-order valence-electron chi connectivity index (χ3n) is 5.75. The number of nitrogens with one attached hydrogen (secondary N) is 1. The van der Waals surface area contributed by atoms with Gasteiger partial charge in [0, 0.05) is 24.7 Å². The molecular formula is C24H30N2O2. The Morgan fingerprint density at radius 1 is 0.964 bits per heavy atom. The molecule has 4 heteroatoms. The fourth-order valence-corrected chi connectivity index (χ4v) is 4.08. The lowest BCUT2D eigenvalue weighted by molar-refractivity contribution is -0.133. The number of amides is 2. The number of rotatable bonds is 4. The van der Waals surface area contributed by atoms with Gasteiger partial charge in [-0.3, -0.25) is 9.59 Å². The van der Waals surface area contributed by atoms with E-state index in [0.29, 0.717) is 19.5 Å². The van der Waals surface area contributed by atoms with Crippen molar-refractivity contribution >= 4 is 17.5 Å². The number of hydrogen-bond acceptors (Lipinski definition) is 2. The van der Waals surface area contributed by atoms with Crippen LogP contribution in [0, 0.1) is 33.6 Å². The second-order valence-electron chi connectivity index (χ2n) is 8.02. The minimum Gasteiger partial charge on any atom is -0.342 e. The van der Waals surface area contributed by atoms with E-state index in [0.717, 1.165) is 40.8 Å². The van der Waals surface area contributed by atoms with E-state index in [9.17, 15) is 9.59 Å². The van der Waals surface area contributed by atoms with Crippen molar-refractivity contribution in [2.75, 3.05) is 18.4 Å². The summed E-state index contributed by atoms with van der Waals surface area (Å²) in [5.74, 6) is 0.182. The van der Waals surface area contributed by atoms with Gasteiger partial charge in [-0.05, 0) is 62.8 Å². The molecule has 0 bridgehead atoms. The van der Waals surface area contributed by atoms with Gasteiger partial charge in [-0.2, -0.15) is 0 Å². The monoisotopic (exact) mass is 378 g/mol. The summed E-state index contributed by atoms with van der Waals surface area (Å²) in [5, 5.41) is 3.12. The molecule has 2 amide bonds. The molecule has 0 aromatic heterocycles. The fourth-order valence-electron chi connectivity index (χ4n) is 4.08. The molecule has 1 aliphatic heterocycles. The summed E-state index contributed by atoms with van der Waals surface area (Å²) in [6.45, 7) is 9.46. The van der Waals surface area contributed by atoms with Gasteiger partial charge in [-0.25, -0.2) is 0 Å². The molecule has 4 nitrogen and oxygen atoms in total. The van der Waals surface area contributed by atoms with Crippen LogP contribution in [0.3, 0.4) is 0 Å².